The average Bonchev–Trinajstić information content (AvgIpc) is 2.51. The Balaban J connectivity index is 2.14. The third-order valence-electron chi connectivity index (χ3n) is 8.09. The summed E-state index contributed by atoms with van der Waals surface area (Å²) in [6.07, 6.45) is 8.35. The zero-order chi connectivity index (χ0) is 18.2. The molecule has 6 atom stereocenters. The highest BCUT2D eigenvalue weighted by Gasteiger charge is 2.59. The fourth-order valence-electron chi connectivity index (χ4n) is 5.77. The van der Waals surface area contributed by atoms with Gasteiger partial charge in [-0.15, -0.1) is 0 Å². The smallest absolute Gasteiger partial charge is 0.305 e. The van der Waals surface area contributed by atoms with Crippen LogP contribution in [0, 0.1) is 28.6 Å². The summed E-state index contributed by atoms with van der Waals surface area (Å²) in [4.78, 5) is 11.5. The van der Waals surface area contributed by atoms with Crippen LogP contribution in [-0.2, 0) is 9.53 Å². The van der Waals surface area contributed by atoms with Crippen molar-refractivity contribution in [2.45, 2.75) is 91.6 Å². The number of methoxy groups -OCH3 is 1. The van der Waals surface area contributed by atoms with Crippen LogP contribution in [0.4, 0.5) is 0 Å². The minimum atomic E-state index is -0.547. The van der Waals surface area contributed by atoms with E-state index in [1.807, 2.05) is 0 Å². The van der Waals surface area contributed by atoms with Gasteiger partial charge in [-0.2, -0.15) is 0 Å². The lowest BCUT2D eigenvalue weighted by molar-refractivity contribution is -0.193. The summed E-state index contributed by atoms with van der Waals surface area (Å²) in [7, 11) is 1.47. The van der Waals surface area contributed by atoms with Gasteiger partial charge in [0.05, 0.1) is 12.7 Å². The van der Waals surface area contributed by atoms with Crippen LogP contribution in [0.2, 0.25) is 0 Å². The summed E-state index contributed by atoms with van der Waals surface area (Å²) < 4.78 is 4.82. The van der Waals surface area contributed by atoms with E-state index in [0.717, 1.165) is 32.1 Å². The van der Waals surface area contributed by atoms with Crippen molar-refractivity contribution in [2.24, 2.45) is 28.6 Å². The molecule has 0 bridgehead atoms. The van der Waals surface area contributed by atoms with E-state index in [1.165, 1.54) is 20.0 Å². The summed E-state index contributed by atoms with van der Waals surface area (Å²) in [5.74, 6) is 1.51. The first-order valence-electron chi connectivity index (χ1n) is 9.86. The summed E-state index contributed by atoms with van der Waals surface area (Å²) >= 11 is 0. The van der Waals surface area contributed by atoms with Crippen molar-refractivity contribution in [1.29, 1.82) is 0 Å². The van der Waals surface area contributed by atoms with Gasteiger partial charge in [0, 0.05) is 6.42 Å². The summed E-state index contributed by atoms with van der Waals surface area (Å²) in [5.41, 5.74) is -0.269. The molecule has 0 aromatic heterocycles. The third kappa shape index (κ3) is 3.38. The van der Waals surface area contributed by atoms with Gasteiger partial charge in [0.15, 0.2) is 0 Å². The Morgan fingerprint density at radius 2 is 1.92 bits per heavy atom. The third-order valence-corrected chi connectivity index (χ3v) is 8.09. The zero-order valence-corrected chi connectivity index (χ0v) is 16.7. The van der Waals surface area contributed by atoms with Gasteiger partial charge in [0.25, 0.3) is 0 Å². The van der Waals surface area contributed by atoms with Gasteiger partial charge in [-0.1, -0.05) is 34.1 Å². The maximum absolute atomic E-state index is 11.5. The summed E-state index contributed by atoms with van der Waals surface area (Å²) in [6.45, 7) is 11.4. The van der Waals surface area contributed by atoms with E-state index in [2.05, 4.69) is 34.6 Å². The van der Waals surface area contributed by atoms with Crippen LogP contribution in [0.25, 0.3) is 0 Å². The van der Waals surface area contributed by atoms with Crippen molar-refractivity contribution in [1.82, 2.24) is 0 Å². The fourth-order valence-corrected chi connectivity index (χ4v) is 5.77. The highest BCUT2D eigenvalue weighted by Crippen LogP contribution is 2.64. The first-order chi connectivity index (χ1) is 11.1. The van der Waals surface area contributed by atoms with Crippen LogP contribution >= 0.6 is 0 Å². The van der Waals surface area contributed by atoms with Gasteiger partial charge < -0.3 is 9.84 Å². The standard InChI is InChI=1S/C21H38O3/c1-15(14-18(22)24-6)9-12-19(3)16(2)10-13-20(4)17(19)8-7-11-21(20,5)23/h15-17,23H,7-14H2,1-6H3. The molecule has 2 saturated carbocycles. The van der Waals surface area contributed by atoms with Gasteiger partial charge in [-0.25, -0.2) is 0 Å². The van der Waals surface area contributed by atoms with E-state index < -0.39 is 5.60 Å². The second-order valence-electron chi connectivity index (χ2n) is 9.51. The van der Waals surface area contributed by atoms with Crippen LogP contribution in [0.3, 0.4) is 0 Å². The lowest BCUT2D eigenvalue weighted by Gasteiger charge is -2.63. The Morgan fingerprint density at radius 3 is 2.54 bits per heavy atom. The predicted molar refractivity (Wildman–Crippen MR) is 97.6 cm³/mol. The first-order valence-corrected chi connectivity index (χ1v) is 9.86. The van der Waals surface area contributed by atoms with Crippen molar-refractivity contribution >= 4 is 5.97 Å². The molecule has 2 aliphatic carbocycles. The van der Waals surface area contributed by atoms with Crippen molar-refractivity contribution in [3.8, 4) is 0 Å². The molecule has 24 heavy (non-hydrogen) atoms. The van der Waals surface area contributed by atoms with E-state index >= 15 is 0 Å². The van der Waals surface area contributed by atoms with Crippen LogP contribution in [0.1, 0.15) is 86.0 Å². The minimum absolute atomic E-state index is 0.0259. The Labute approximate surface area is 148 Å². The average molecular weight is 339 g/mol. The molecule has 6 unspecified atom stereocenters. The van der Waals surface area contributed by atoms with Gasteiger partial charge in [-0.05, 0) is 74.0 Å². The largest absolute Gasteiger partial charge is 0.469 e. The number of ether oxygens (including phenoxy) is 1. The van der Waals surface area contributed by atoms with Crippen LogP contribution < -0.4 is 0 Å². The summed E-state index contributed by atoms with van der Waals surface area (Å²) in [6, 6.07) is 0. The van der Waals surface area contributed by atoms with Gasteiger partial charge in [0.1, 0.15) is 0 Å². The molecule has 2 fully saturated rings. The molecule has 3 heteroatoms. The number of hydrogen-bond acceptors (Lipinski definition) is 3. The number of rotatable bonds is 5. The lowest BCUT2D eigenvalue weighted by atomic mass is 9.43. The lowest BCUT2D eigenvalue weighted by Crippen LogP contribution is -2.60. The van der Waals surface area contributed by atoms with Crippen molar-refractivity contribution in [2.75, 3.05) is 7.11 Å². The SMILES string of the molecule is COC(=O)CC(C)CCC1(C)C(C)CCC2(C)C1CCCC2(C)O. The van der Waals surface area contributed by atoms with E-state index in [-0.39, 0.29) is 16.8 Å². The highest BCUT2D eigenvalue weighted by molar-refractivity contribution is 5.69. The van der Waals surface area contributed by atoms with Crippen LogP contribution in [-0.4, -0.2) is 23.8 Å². The molecule has 0 amide bonds. The zero-order valence-electron chi connectivity index (χ0n) is 16.7. The maximum atomic E-state index is 11.5. The normalized spacial score (nSPS) is 43.8. The Hall–Kier alpha value is -0.570. The first kappa shape index (κ1) is 19.8. The monoisotopic (exact) mass is 338 g/mol. The molecule has 0 aliphatic heterocycles. The fraction of sp³-hybridized carbons (Fsp3) is 0.952. The molecule has 0 spiro atoms. The molecular weight excluding hydrogens is 300 g/mol. The molecular formula is C21H38O3. The number of hydrogen-bond donors (Lipinski definition) is 1. The molecule has 140 valence electrons. The van der Waals surface area contributed by atoms with Crippen LogP contribution in [0.15, 0.2) is 0 Å². The second kappa shape index (κ2) is 6.97. The Bertz CT molecular complexity index is 458. The molecule has 0 radical (unpaired) electrons. The molecule has 0 heterocycles. The predicted octanol–water partition coefficient (Wildman–Crippen LogP) is 4.96. The van der Waals surface area contributed by atoms with Gasteiger partial charge >= 0.3 is 5.97 Å². The van der Waals surface area contributed by atoms with E-state index in [4.69, 9.17) is 4.74 Å². The Morgan fingerprint density at radius 1 is 1.25 bits per heavy atom. The number of fused-ring (bicyclic) bond motifs is 1. The molecule has 1 N–H and O–H groups in total. The molecule has 0 aromatic rings. The van der Waals surface area contributed by atoms with E-state index in [0.29, 0.717) is 24.2 Å². The molecule has 2 aliphatic rings. The topological polar surface area (TPSA) is 46.5 Å². The van der Waals surface area contributed by atoms with E-state index in [9.17, 15) is 9.90 Å². The van der Waals surface area contributed by atoms with Crippen molar-refractivity contribution < 1.29 is 14.6 Å². The summed E-state index contributed by atoms with van der Waals surface area (Å²) in [5, 5.41) is 11.1. The van der Waals surface area contributed by atoms with Crippen molar-refractivity contribution in [3.63, 3.8) is 0 Å². The number of carbonyl (C=O) groups excluding carboxylic acids is 1. The number of aliphatic hydroxyl groups is 1. The van der Waals surface area contributed by atoms with Crippen LogP contribution in [0.5, 0.6) is 0 Å². The second-order valence-corrected chi connectivity index (χ2v) is 9.51. The number of carbonyl (C=O) groups is 1. The Kier molecular flexibility index (Phi) is 5.74. The van der Waals surface area contributed by atoms with E-state index in [1.54, 1.807) is 0 Å². The quantitative estimate of drug-likeness (QED) is 0.721. The minimum Gasteiger partial charge on any atom is -0.469 e. The molecule has 0 saturated heterocycles. The number of esters is 1. The highest BCUT2D eigenvalue weighted by atomic mass is 16.5. The maximum Gasteiger partial charge on any atom is 0.305 e. The van der Waals surface area contributed by atoms with Crippen molar-refractivity contribution in [3.05, 3.63) is 0 Å². The molecule has 0 aromatic carbocycles. The molecule has 2 rings (SSSR count). The van der Waals surface area contributed by atoms with Gasteiger partial charge in [0.2, 0.25) is 0 Å². The molecule has 3 nitrogen and oxygen atoms in total. The van der Waals surface area contributed by atoms with Gasteiger partial charge in [-0.3, -0.25) is 4.79 Å².